The van der Waals surface area contributed by atoms with Crippen LogP contribution < -0.4 is 15.2 Å². The monoisotopic (exact) mass is 353 g/mol. The fourth-order valence-electron chi connectivity index (χ4n) is 2.02. The third-order valence-corrected chi connectivity index (χ3v) is 3.59. The number of hydrogen-bond acceptors (Lipinski definition) is 3. The molecule has 0 aliphatic rings. The molecule has 0 saturated heterocycles. The molecule has 1 unspecified atom stereocenters. The number of rotatable bonds is 5. The minimum atomic E-state index is -0.351. The van der Waals surface area contributed by atoms with E-state index in [4.69, 9.17) is 15.2 Å². The lowest BCUT2D eigenvalue weighted by Crippen LogP contribution is -2.08. The van der Waals surface area contributed by atoms with Crippen molar-refractivity contribution in [1.29, 1.82) is 0 Å². The molecule has 0 heterocycles. The van der Waals surface area contributed by atoms with Gasteiger partial charge in [-0.2, -0.15) is 0 Å². The molecular weight excluding hydrogens is 337 g/mol. The van der Waals surface area contributed by atoms with Crippen molar-refractivity contribution in [3.8, 4) is 11.5 Å². The summed E-state index contributed by atoms with van der Waals surface area (Å²) >= 11 is 3.41. The first-order chi connectivity index (χ1) is 10.0. The normalized spacial score (nSPS) is 12.0. The van der Waals surface area contributed by atoms with E-state index < -0.39 is 0 Å². The molecule has 0 saturated carbocycles. The van der Waals surface area contributed by atoms with Gasteiger partial charge in [0.15, 0.2) is 0 Å². The topological polar surface area (TPSA) is 44.5 Å². The largest absolute Gasteiger partial charge is 0.496 e. The van der Waals surface area contributed by atoms with Gasteiger partial charge in [-0.3, -0.25) is 0 Å². The van der Waals surface area contributed by atoms with Crippen molar-refractivity contribution in [3.05, 3.63) is 57.8 Å². The van der Waals surface area contributed by atoms with Crippen molar-refractivity contribution < 1.29 is 13.9 Å². The Morgan fingerprint density at radius 1 is 1.19 bits per heavy atom. The second kappa shape index (κ2) is 6.91. The second-order valence-corrected chi connectivity index (χ2v) is 5.63. The summed E-state index contributed by atoms with van der Waals surface area (Å²) < 4.78 is 25.4. The second-order valence-electron chi connectivity index (χ2n) is 4.72. The molecule has 3 nitrogen and oxygen atoms in total. The summed E-state index contributed by atoms with van der Waals surface area (Å²) in [6.07, 6.45) is 0. The van der Waals surface area contributed by atoms with E-state index in [2.05, 4.69) is 15.9 Å². The highest BCUT2D eigenvalue weighted by Crippen LogP contribution is 2.28. The minimum Gasteiger partial charge on any atom is -0.496 e. The van der Waals surface area contributed by atoms with Gasteiger partial charge in [-0.25, -0.2) is 4.39 Å². The van der Waals surface area contributed by atoms with Crippen molar-refractivity contribution in [2.75, 3.05) is 7.11 Å². The first kappa shape index (κ1) is 15.8. The summed E-state index contributed by atoms with van der Waals surface area (Å²) in [5, 5.41) is 0. The molecule has 2 N–H and O–H groups in total. The van der Waals surface area contributed by atoms with Gasteiger partial charge >= 0.3 is 0 Å². The minimum absolute atomic E-state index is 0.231. The average molecular weight is 354 g/mol. The van der Waals surface area contributed by atoms with Crippen molar-refractivity contribution in [1.82, 2.24) is 0 Å². The molecule has 21 heavy (non-hydrogen) atoms. The predicted octanol–water partition coefficient (Wildman–Crippen LogP) is 4.20. The van der Waals surface area contributed by atoms with Crippen LogP contribution >= 0.6 is 15.9 Å². The van der Waals surface area contributed by atoms with Gasteiger partial charge in [-0.15, -0.1) is 0 Å². The van der Waals surface area contributed by atoms with E-state index in [1.807, 2.05) is 25.1 Å². The Balaban J connectivity index is 2.24. The van der Waals surface area contributed by atoms with Gasteiger partial charge in [0.05, 0.1) is 7.11 Å². The molecule has 0 aliphatic heterocycles. The summed E-state index contributed by atoms with van der Waals surface area (Å²) in [6, 6.07) is 9.79. The lowest BCUT2D eigenvalue weighted by atomic mass is 10.1. The van der Waals surface area contributed by atoms with Gasteiger partial charge in [0.2, 0.25) is 0 Å². The van der Waals surface area contributed by atoms with E-state index in [9.17, 15) is 4.39 Å². The maximum atomic E-state index is 13.4. The Bertz CT molecular complexity index is 632. The van der Waals surface area contributed by atoms with Gasteiger partial charge in [-0.05, 0) is 31.2 Å². The Kier molecular flexibility index (Phi) is 5.20. The Labute approximate surface area is 132 Å². The van der Waals surface area contributed by atoms with Crippen LogP contribution in [-0.2, 0) is 6.61 Å². The maximum Gasteiger partial charge on any atom is 0.127 e. The SMILES string of the molecule is COc1ccc(Br)cc1COc1cc(F)ccc1C(C)N. The summed E-state index contributed by atoms with van der Waals surface area (Å²) in [4.78, 5) is 0. The molecule has 0 spiro atoms. The smallest absolute Gasteiger partial charge is 0.127 e. The number of hydrogen-bond donors (Lipinski definition) is 1. The van der Waals surface area contributed by atoms with Crippen LogP contribution in [-0.4, -0.2) is 7.11 Å². The number of ether oxygens (including phenoxy) is 2. The Hall–Kier alpha value is -1.59. The number of nitrogens with two attached hydrogens (primary N) is 1. The van der Waals surface area contributed by atoms with Crippen LogP contribution in [0.5, 0.6) is 11.5 Å². The van der Waals surface area contributed by atoms with Crippen LogP contribution in [0, 0.1) is 5.82 Å². The number of benzene rings is 2. The molecule has 0 aromatic heterocycles. The molecule has 0 amide bonds. The first-order valence-corrected chi connectivity index (χ1v) is 7.31. The molecule has 1 atom stereocenters. The van der Waals surface area contributed by atoms with Crippen molar-refractivity contribution in [2.45, 2.75) is 19.6 Å². The lowest BCUT2D eigenvalue weighted by molar-refractivity contribution is 0.291. The molecule has 0 bridgehead atoms. The highest BCUT2D eigenvalue weighted by Gasteiger charge is 2.11. The van der Waals surface area contributed by atoms with Gasteiger partial charge in [0, 0.05) is 27.7 Å². The average Bonchev–Trinajstić information content (AvgIpc) is 2.45. The van der Waals surface area contributed by atoms with Crippen LogP contribution in [0.1, 0.15) is 24.1 Å². The number of halogens is 2. The quantitative estimate of drug-likeness (QED) is 0.876. The molecular formula is C16H17BrFNO2. The summed E-state index contributed by atoms with van der Waals surface area (Å²) in [6.45, 7) is 2.10. The van der Waals surface area contributed by atoms with Crippen LogP contribution in [0.4, 0.5) is 4.39 Å². The molecule has 0 fully saturated rings. The third kappa shape index (κ3) is 3.95. The molecule has 2 aromatic rings. The van der Waals surface area contributed by atoms with Crippen molar-refractivity contribution in [3.63, 3.8) is 0 Å². The highest BCUT2D eigenvalue weighted by molar-refractivity contribution is 9.10. The van der Waals surface area contributed by atoms with Gasteiger partial charge in [0.1, 0.15) is 23.9 Å². The van der Waals surface area contributed by atoms with E-state index >= 15 is 0 Å². The molecule has 5 heteroatoms. The van der Waals surface area contributed by atoms with Crippen LogP contribution in [0.3, 0.4) is 0 Å². The van der Waals surface area contributed by atoms with Gasteiger partial charge < -0.3 is 15.2 Å². The zero-order valence-corrected chi connectivity index (χ0v) is 13.5. The zero-order valence-electron chi connectivity index (χ0n) is 11.9. The molecule has 2 aromatic carbocycles. The fourth-order valence-corrected chi connectivity index (χ4v) is 2.43. The molecule has 0 radical (unpaired) electrons. The summed E-state index contributed by atoms with van der Waals surface area (Å²) in [5.74, 6) is 0.819. The lowest BCUT2D eigenvalue weighted by Gasteiger charge is -2.15. The predicted molar refractivity (Wildman–Crippen MR) is 84.0 cm³/mol. The maximum absolute atomic E-state index is 13.4. The first-order valence-electron chi connectivity index (χ1n) is 6.51. The van der Waals surface area contributed by atoms with Crippen LogP contribution in [0.15, 0.2) is 40.9 Å². The zero-order chi connectivity index (χ0) is 15.4. The standard InChI is InChI=1S/C16H17BrFNO2/c1-10(19)14-5-4-13(18)8-16(14)21-9-11-7-12(17)3-6-15(11)20-2/h3-8,10H,9,19H2,1-2H3. The summed E-state index contributed by atoms with van der Waals surface area (Å²) in [7, 11) is 1.60. The van der Waals surface area contributed by atoms with Crippen LogP contribution in [0.2, 0.25) is 0 Å². The molecule has 2 rings (SSSR count). The van der Waals surface area contributed by atoms with E-state index in [0.717, 1.165) is 21.3 Å². The molecule has 112 valence electrons. The van der Waals surface area contributed by atoms with Crippen molar-refractivity contribution >= 4 is 15.9 Å². The fraction of sp³-hybridized carbons (Fsp3) is 0.250. The summed E-state index contributed by atoms with van der Waals surface area (Å²) in [5.41, 5.74) is 7.52. The van der Waals surface area contributed by atoms with E-state index in [-0.39, 0.29) is 18.5 Å². The van der Waals surface area contributed by atoms with Crippen molar-refractivity contribution in [2.24, 2.45) is 5.73 Å². The van der Waals surface area contributed by atoms with E-state index in [1.165, 1.54) is 12.1 Å². The Morgan fingerprint density at radius 3 is 2.62 bits per heavy atom. The highest BCUT2D eigenvalue weighted by atomic mass is 79.9. The molecule has 0 aliphatic carbocycles. The Morgan fingerprint density at radius 2 is 1.95 bits per heavy atom. The van der Waals surface area contributed by atoms with Gasteiger partial charge in [-0.1, -0.05) is 22.0 Å². The van der Waals surface area contributed by atoms with E-state index in [0.29, 0.717) is 5.75 Å². The van der Waals surface area contributed by atoms with Gasteiger partial charge in [0.25, 0.3) is 0 Å². The van der Waals surface area contributed by atoms with Crippen LogP contribution in [0.25, 0.3) is 0 Å². The van der Waals surface area contributed by atoms with E-state index in [1.54, 1.807) is 13.2 Å². The number of methoxy groups -OCH3 is 1. The third-order valence-electron chi connectivity index (χ3n) is 3.09.